The van der Waals surface area contributed by atoms with Crippen molar-refractivity contribution < 1.29 is 0 Å². The lowest BCUT2D eigenvalue weighted by atomic mass is 10.0. The zero-order chi connectivity index (χ0) is 27.7. The van der Waals surface area contributed by atoms with Crippen LogP contribution in [0.3, 0.4) is 0 Å². The highest BCUT2D eigenvalue weighted by atomic mass is 32.2. The minimum absolute atomic E-state index is 0.518. The Kier molecular flexibility index (Phi) is 12.7. The Morgan fingerprint density at radius 2 is 1.11 bits per heavy atom. The van der Waals surface area contributed by atoms with Crippen molar-refractivity contribution in [3.8, 4) is 0 Å². The number of aromatic nitrogens is 1. The van der Waals surface area contributed by atoms with Gasteiger partial charge >= 0.3 is 0 Å². The van der Waals surface area contributed by atoms with E-state index in [1.807, 2.05) is 61.5 Å². The van der Waals surface area contributed by atoms with Gasteiger partial charge in [-0.15, -0.1) is 0 Å². The smallest absolute Gasteiger partial charge is 0.135 e. The van der Waals surface area contributed by atoms with Crippen LogP contribution in [0, 0.1) is 13.8 Å². The highest BCUT2D eigenvalue weighted by Gasteiger charge is 2.19. The fourth-order valence-corrected chi connectivity index (χ4v) is 7.02. The van der Waals surface area contributed by atoms with E-state index >= 15 is 0 Å². The summed E-state index contributed by atoms with van der Waals surface area (Å²) < 4.78 is 4.67. The van der Waals surface area contributed by atoms with Crippen LogP contribution in [0.5, 0.6) is 0 Å². The lowest BCUT2D eigenvalue weighted by molar-refractivity contribution is 0.418. The molecule has 3 rings (SSSR count). The van der Waals surface area contributed by atoms with E-state index in [0.29, 0.717) is 6.04 Å². The van der Waals surface area contributed by atoms with Gasteiger partial charge < -0.3 is 14.4 Å². The Morgan fingerprint density at radius 3 is 1.50 bits per heavy atom. The summed E-state index contributed by atoms with van der Waals surface area (Å²) in [7, 11) is 8.13. The first-order valence-electron chi connectivity index (χ1n) is 13.9. The molecule has 0 saturated carbocycles. The largest absolute Gasteiger partial charge is 0.364 e. The van der Waals surface area contributed by atoms with Gasteiger partial charge in [0.2, 0.25) is 0 Å². The maximum atomic E-state index is 5.44. The van der Waals surface area contributed by atoms with Gasteiger partial charge in [0, 0.05) is 67.5 Å². The molecular formula is C31H45N3S4. The molecule has 0 bridgehead atoms. The van der Waals surface area contributed by atoms with Crippen molar-refractivity contribution >= 4 is 78.4 Å². The lowest BCUT2D eigenvalue weighted by Crippen LogP contribution is -2.16. The van der Waals surface area contributed by atoms with Gasteiger partial charge in [0.15, 0.2) is 0 Å². The molecule has 0 fully saturated rings. The van der Waals surface area contributed by atoms with Crippen LogP contribution in [0.1, 0.15) is 68.5 Å². The zero-order valence-electron chi connectivity index (χ0n) is 24.1. The van der Waals surface area contributed by atoms with Crippen LogP contribution in [0.15, 0.2) is 36.4 Å². The number of thiocarbonyl (C=S) groups is 2. The van der Waals surface area contributed by atoms with Gasteiger partial charge in [-0.05, 0) is 62.8 Å². The first kappa shape index (κ1) is 31.3. The molecule has 0 aliphatic carbocycles. The third-order valence-corrected chi connectivity index (χ3v) is 10.7. The van der Waals surface area contributed by atoms with Crippen molar-refractivity contribution in [1.82, 2.24) is 14.4 Å². The fraction of sp³-hybridized carbons (Fsp3) is 0.548. The summed E-state index contributed by atoms with van der Waals surface area (Å²) in [5.74, 6) is 2.23. The normalized spacial score (nSPS) is 11.6. The average molecular weight is 588 g/mol. The molecule has 38 heavy (non-hydrogen) atoms. The molecule has 2 aromatic carbocycles. The monoisotopic (exact) mass is 587 g/mol. The summed E-state index contributed by atoms with van der Waals surface area (Å²) in [4.78, 5) is 4.07. The zero-order valence-corrected chi connectivity index (χ0v) is 27.4. The third-order valence-electron chi connectivity index (χ3n) is 7.03. The molecule has 0 aliphatic heterocycles. The molecule has 0 saturated heterocycles. The topological polar surface area (TPSA) is 11.4 Å². The summed E-state index contributed by atoms with van der Waals surface area (Å²) in [5.41, 5.74) is 5.46. The Balaban J connectivity index is 1.72. The molecule has 208 valence electrons. The first-order valence-corrected chi connectivity index (χ1v) is 16.7. The highest BCUT2D eigenvalue weighted by Crippen LogP contribution is 2.36. The van der Waals surface area contributed by atoms with E-state index in [0.717, 1.165) is 20.1 Å². The van der Waals surface area contributed by atoms with Crippen LogP contribution in [0.4, 0.5) is 0 Å². The summed E-state index contributed by atoms with van der Waals surface area (Å²) in [5, 5.41) is 2.77. The predicted molar refractivity (Wildman–Crippen MR) is 182 cm³/mol. The molecule has 3 nitrogen and oxygen atoms in total. The van der Waals surface area contributed by atoms with E-state index in [1.165, 1.54) is 84.3 Å². The first-order chi connectivity index (χ1) is 18.2. The Hall–Kier alpha value is -1.28. The number of thioether (sulfide) groups is 2. The quantitative estimate of drug-likeness (QED) is 0.145. The summed E-state index contributed by atoms with van der Waals surface area (Å²) in [6, 6.07) is 14.5. The molecule has 0 aliphatic rings. The molecule has 0 spiro atoms. The van der Waals surface area contributed by atoms with Gasteiger partial charge in [-0.1, -0.05) is 97.9 Å². The fourth-order valence-electron chi connectivity index (χ4n) is 4.96. The van der Waals surface area contributed by atoms with Gasteiger partial charge in [-0.3, -0.25) is 0 Å². The minimum atomic E-state index is 0.518. The van der Waals surface area contributed by atoms with Gasteiger partial charge in [0.05, 0.1) is 0 Å². The van der Waals surface area contributed by atoms with Crippen LogP contribution in [0.25, 0.3) is 21.8 Å². The number of aryl methyl sites for hydroxylation is 2. The van der Waals surface area contributed by atoms with E-state index in [2.05, 4.69) is 54.8 Å². The number of benzene rings is 2. The predicted octanol–water partition coefficient (Wildman–Crippen LogP) is 9.23. The number of hydrogen-bond donors (Lipinski definition) is 0. The van der Waals surface area contributed by atoms with Crippen LogP contribution in [0.2, 0.25) is 0 Å². The van der Waals surface area contributed by atoms with Crippen LogP contribution in [-0.2, 0) is 0 Å². The average Bonchev–Trinajstić information content (AvgIpc) is 3.18. The van der Waals surface area contributed by atoms with Gasteiger partial charge in [0.25, 0.3) is 0 Å². The van der Waals surface area contributed by atoms with Crippen molar-refractivity contribution in [2.75, 3.05) is 39.7 Å². The van der Waals surface area contributed by atoms with Crippen molar-refractivity contribution in [1.29, 1.82) is 0 Å². The van der Waals surface area contributed by atoms with Crippen molar-refractivity contribution in [3.05, 3.63) is 47.5 Å². The molecule has 7 heteroatoms. The molecule has 3 aromatic rings. The number of nitrogens with zero attached hydrogens (tertiary/aromatic N) is 3. The second kappa shape index (κ2) is 15.5. The molecule has 0 amide bonds. The Labute approximate surface area is 250 Å². The molecule has 1 heterocycles. The van der Waals surface area contributed by atoms with Crippen LogP contribution in [-0.4, -0.2) is 62.7 Å². The molecule has 0 radical (unpaired) electrons. The molecule has 0 N–H and O–H groups in total. The Morgan fingerprint density at radius 1 is 0.684 bits per heavy atom. The van der Waals surface area contributed by atoms with E-state index in [9.17, 15) is 0 Å². The van der Waals surface area contributed by atoms with Crippen LogP contribution < -0.4 is 0 Å². The van der Waals surface area contributed by atoms with Gasteiger partial charge in [0.1, 0.15) is 8.64 Å². The number of rotatable bonds is 13. The summed E-state index contributed by atoms with van der Waals surface area (Å²) >= 11 is 14.5. The molecule has 0 atom stereocenters. The Bertz CT molecular complexity index is 1120. The maximum absolute atomic E-state index is 5.44. The highest BCUT2D eigenvalue weighted by molar-refractivity contribution is 8.23. The summed E-state index contributed by atoms with van der Waals surface area (Å²) in [6.07, 6.45) is 9.92. The molecular weight excluding hydrogens is 543 g/mol. The molecule has 0 unspecified atom stereocenters. The number of unbranched alkanes of at least 4 members (excludes halogenated alkanes) is 4. The van der Waals surface area contributed by atoms with Crippen molar-refractivity contribution in [2.45, 2.75) is 71.3 Å². The second-order valence-electron chi connectivity index (χ2n) is 10.8. The van der Waals surface area contributed by atoms with Gasteiger partial charge in [-0.25, -0.2) is 0 Å². The summed E-state index contributed by atoms with van der Waals surface area (Å²) in [6.45, 7) is 4.43. The SMILES string of the molecule is Cc1ccc2c3ccc(C)cc3n(C(CCCCCSC(=S)N(C)C)CCCCCSC(=S)N(C)C)c2c1. The van der Waals surface area contributed by atoms with E-state index in [1.54, 1.807) is 0 Å². The standard InChI is InChI=1S/C31H45N3S4/c1-23-15-17-26-27-18-16-24(2)22-29(27)34(28(26)21-23)25(13-9-7-11-19-37-30(35)32(3)4)14-10-8-12-20-38-31(36)33(5)6/h15-18,21-22,25H,7-14,19-20H2,1-6H3. The molecule has 1 aromatic heterocycles. The minimum Gasteiger partial charge on any atom is -0.364 e. The van der Waals surface area contributed by atoms with Crippen molar-refractivity contribution in [3.63, 3.8) is 0 Å². The third kappa shape index (κ3) is 8.87. The second-order valence-corrected chi connectivity index (χ2v) is 14.2. The van der Waals surface area contributed by atoms with E-state index < -0.39 is 0 Å². The number of hydrogen-bond acceptors (Lipinski definition) is 4. The van der Waals surface area contributed by atoms with E-state index in [4.69, 9.17) is 24.4 Å². The van der Waals surface area contributed by atoms with Crippen molar-refractivity contribution in [2.24, 2.45) is 0 Å². The van der Waals surface area contributed by atoms with Crippen LogP contribution >= 0.6 is 48.0 Å². The number of fused-ring (bicyclic) bond motifs is 3. The van der Waals surface area contributed by atoms with Gasteiger partial charge in [-0.2, -0.15) is 0 Å². The maximum Gasteiger partial charge on any atom is 0.135 e. The van der Waals surface area contributed by atoms with E-state index in [-0.39, 0.29) is 0 Å². The lowest BCUT2D eigenvalue weighted by Gasteiger charge is -2.22.